The maximum absolute atomic E-state index is 13.0. The molecular formula is C23H21ClN2O3. The minimum absolute atomic E-state index is 0.0208. The van der Waals surface area contributed by atoms with Crippen LogP contribution in [0.5, 0.6) is 0 Å². The first-order valence-electron chi connectivity index (χ1n) is 9.59. The molecule has 3 amide bonds. The number of hydrogen-bond donors (Lipinski definition) is 1. The highest BCUT2D eigenvalue weighted by atomic mass is 35.5. The second-order valence-corrected chi connectivity index (χ2v) is 7.99. The highest BCUT2D eigenvalue weighted by molar-refractivity contribution is 6.31. The van der Waals surface area contributed by atoms with Crippen LogP contribution in [0.4, 0.5) is 11.4 Å². The molecule has 6 heteroatoms. The molecule has 1 aliphatic carbocycles. The van der Waals surface area contributed by atoms with E-state index in [1.165, 1.54) is 4.90 Å². The highest BCUT2D eigenvalue weighted by Crippen LogP contribution is 2.40. The van der Waals surface area contributed by atoms with E-state index in [1.54, 1.807) is 42.5 Å². The predicted octanol–water partition coefficient (Wildman–Crippen LogP) is 4.60. The molecule has 1 saturated heterocycles. The first-order valence-corrected chi connectivity index (χ1v) is 9.97. The smallest absolute Gasteiger partial charge is 0.255 e. The fourth-order valence-electron chi connectivity index (χ4n) is 4.13. The van der Waals surface area contributed by atoms with Gasteiger partial charge in [-0.25, -0.2) is 0 Å². The van der Waals surface area contributed by atoms with E-state index < -0.39 is 0 Å². The quantitative estimate of drug-likeness (QED) is 0.596. The summed E-state index contributed by atoms with van der Waals surface area (Å²) in [4.78, 5) is 39.9. The van der Waals surface area contributed by atoms with Crippen molar-refractivity contribution in [3.05, 3.63) is 70.8 Å². The molecule has 0 radical (unpaired) electrons. The van der Waals surface area contributed by atoms with E-state index >= 15 is 0 Å². The molecule has 2 aliphatic rings. The Morgan fingerprint density at radius 3 is 2.66 bits per heavy atom. The Bertz CT molecular complexity index is 1050. The van der Waals surface area contributed by atoms with Crippen molar-refractivity contribution in [2.75, 3.05) is 10.2 Å². The Morgan fingerprint density at radius 1 is 1.14 bits per heavy atom. The molecule has 3 atom stereocenters. The van der Waals surface area contributed by atoms with Crippen LogP contribution in [0.3, 0.4) is 0 Å². The van der Waals surface area contributed by atoms with Gasteiger partial charge in [-0.3, -0.25) is 19.3 Å². The lowest BCUT2D eigenvalue weighted by Gasteiger charge is -2.22. The zero-order chi connectivity index (χ0) is 20.7. The van der Waals surface area contributed by atoms with Gasteiger partial charge in [0.15, 0.2) is 0 Å². The van der Waals surface area contributed by atoms with Gasteiger partial charge >= 0.3 is 0 Å². The molecule has 1 N–H and O–H groups in total. The highest BCUT2D eigenvalue weighted by Gasteiger charge is 2.50. The number of anilines is 2. The maximum atomic E-state index is 13.0. The summed E-state index contributed by atoms with van der Waals surface area (Å²) in [6.45, 7) is 3.78. The van der Waals surface area contributed by atoms with Gasteiger partial charge in [0.2, 0.25) is 11.8 Å². The number of fused-ring (bicyclic) bond motifs is 1. The number of carbonyl (C=O) groups is 3. The largest absolute Gasteiger partial charge is 0.322 e. The molecule has 0 spiro atoms. The Morgan fingerprint density at radius 2 is 1.90 bits per heavy atom. The van der Waals surface area contributed by atoms with Crippen molar-refractivity contribution < 1.29 is 14.4 Å². The number of hydrogen-bond acceptors (Lipinski definition) is 3. The van der Waals surface area contributed by atoms with Gasteiger partial charge in [-0.15, -0.1) is 0 Å². The van der Waals surface area contributed by atoms with Crippen LogP contribution in [0.25, 0.3) is 0 Å². The summed E-state index contributed by atoms with van der Waals surface area (Å²) in [5.41, 5.74) is 2.18. The van der Waals surface area contributed by atoms with Crippen LogP contribution in [0, 0.1) is 24.7 Å². The third-order valence-corrected chi connectivity index (χ3v) is 6.16. The predicted molar refractivity (Wildman–Crippen MR) is 113 cm³/mol. The van der Waals surface area contributed by atoms with Crippen LogP contribution in [-0.2, 0) is 9.59 Å². The summed E-state index contributed by atoms with van der Waals surface area (Å²) in [5.74, 6) is -1.36. The molecule has 0 aromatic heterocycles. The van der Waals surface area contributed by atoms with Gasteiger partial charge in [-0.05, 0) is 55.2 Å². The van der Waals surface area contributed by atoms with Crippen molar-refractivity contribution in [1.82, 2.24) is 0 Å². The van der Waals surface area contributed by atoms with Gasteiger partial charge in [0.05, 0.1) is 17.5 Å². The van der Waals surface area contributed by atoms with Gasteiger partial charge in [0, 0.05) is 16.3 Å². The molecule has 0 bridgehead atoms. The van der Waals surface area contributed by atoms with Crippen molar-refractivity contribution in [1.29, 1.82) is 0 Å². The number of halogens is 1. The molecule has 1 heterocycles. The van der Waals surface area contributed by atoms with Crippen molar-refractivity contribution in [3.8, 4) is 0 Å². The molecule has 1 fully saturated rings. The summed E-state index contributed by atoms with van der Waals surface area (Å²) >= 11 is 6.12. The van der Waals surface area contributed by atoms with Crippen LogP contribution >= 0.6 is 11.6 Å². The number of rotatable bonds is 3. The molecular weight excluding hydrogens is 388 g/mol. The first kappa shape index (κ1) is 19.4. The molecule has 4 rings (SSSR count). The first-order chi connectivity index (χ1) is 13.9. The van der Waals surface area contributed by atoms with Crippen molar-refractivity contribution in [2.24, 2.45) is 17.8 Å². The lowest BCUT2D eigenvalue weighted by molar-refractivity contribution is -0.122. The Hall–Kier alpha value is -2.92. The van der Waals surface area contributed by atoms with Crippen LogP contribution < -0.4 is 10.2 Å². The summed E-state index contributed by atoms with van der Waals surface area (Å²) in [5, 5.41) is 3.41. The van der Waals surface area contributed by atoms with Gasteiger partial charge in [0.1, 0.15) is 0 Å². The molecule has 2 aromatic carbocycles. The number of imide groups is 1. The second-order valence-electron chi connectivity index (χ2n) is 7.58. The van der Waals surface area contributed by atoms with Gasteiger partial charge in [0.25, 0.3) is 5.91 Å². The standard InChI is InChI=1S/C23H21ClN2O3/c1-13-6-3-9-17-20(13)23(29)26(22(17)28)16-8-4-7-15(12-16)21(27)25-19-11-5-10-18(24)14(19)2/h3-8,10-13,17,20H,9H2,1-2H3,(H,25,27)/t13-,17-,20-/m1/s1. The van der Waals surface area contributed by atoms with Crippen molar-refractivity contribution in [3.63, 3.8) is 0 Å². The number of nitrogens with one attached hydrogen (secondary N) is 1. The summed E-state index contributed by atoms with van der Waals surface area (Å²) in [6.07, 6.45) is 4.54. The molecule has 2 aromatic rings. The number of allylic oxidation sites excluding steroid dienone is 2. The average Bonchev–Trinajstić information content (AvgIpc) is 2.97. The van der Waals surface area contributed by atoms with E-state index in [9.17, 15) is 14.4 Å². The number of carbonyl (C=O) groups excluding carboxylic acids is 3. The molecule has 29 heavy (non-hydrogen) atoms. The van der Waals surface area contributed by atoms with Crippen molar-refractivity contribution in [2.45, 2.75) is 20.3 Å². The van der Waals surface area contributed by atoms with Crippen LogP contribution in [0.2, 0.25) is 5.02 Å². The zero-order valence-electron chi connectivity index (χ0n) is 16.2. The lowest BCUT2D eigenvalue weighted by Crippen LogP contribution is -2.31. The topological polar surface area (TPSA) is 66.5 Å². The summed E-state index contributed by atoms with van der Waals surface area (Å²) in [6, 6.07) is 11.9. The van der Waals surface area contributed by atoms with Gasteiger partial charge in [-0.1, -0.05) is 42.8 Å². The maximum Gasteiger partial charge on any atom is 0.255 e. The number of nitrogens with zero attached hydrogens (tertiary/aromatic N) is 1. The number of benzene rings is 2. The normalized spacial score (nSPS) is 23.3. The Kier molecular flexibility index (Phi) is 5.01. The van der Waals surface area contributed by atoms with Gasteiger partial charge in [-0.2, -0.15) is 0 Å². The minimum atomic E-state index is -0.334. The monoisotopic (exact) mass is 408 g/mol. The average molecular weight is 409 g/mol. The molecule has 0 saturated carbocycles. The fourth-order valence-corrected chi connectivity index (χ4v) is 4.30. The SMILES string of the molecule is Cc1c(Cl)cccc1NC(=O)c1cccc(N2C(=O)[C@@H]3[C@H](C)C=CC[C@H]3C2=O)c1. The third kappa shape index (κ3) is 3.36. The van der Waals surface area contributed by atoms with Crippen LogP contribution in [0.15, 0.2) is 54.6 Å². The zero-order valence-corrected chi connectivity index (χ0v) is 16.9. The number of amides is 3. The van der Waals surface area contributed by atoms with E-state index in [-0.39, 0.29) is 35.5 Å². The van der Waals surface area contributed by atoms with Crippen LogP contribution in [0.1, 0.15) is 29.3 Å². The van der Waals surface area contributed by atoms with Crippen molar-refractivity contribution >= 4 is 40.7 Å². The van der Waals surface area contributed by atoms with Gasteiger partial charge < -0.3 is 5.32 Å². The minimum Gasteiger partial charge on any atom is -0.322 e. The van der Waals surface area contributed by atoms with E-state index in [2.05, 4.69) is 5.32 Å². The molecule has 148 valence electrons. The fraction of sp³-hybridized carbons (Fsp3) is 0.261. The summed E-state index contributed by atoms with van der Waals surface area (Å²) in [7, 11) is 0. The Balaban J connectivity index is 1.61. The van der Waals surface area contributed by atoms with Crippen LogP contribution in [-0.4, -0.2) is 17.7 Å². The molecule has 5 nitrogen and oxygen atoms in total. The molecule has 0 unspecified atom stereocenters. The van der Waals surface area contributed by atoms with E-state index in [0.717, 1.165) is 5.56 Å². The third-order valence-electron chi connectivity index (χ3n) is 5.76. The summed E-state index contributed by atoms with van der Waals surface area (Å²) < 4.78 is 0. The van der Waals surface area contributed by atoms with E-state index in [0.29, 0.717) is 28.4 Å². The van der Waals surface area contributed by atoms with E-state index in [4.69, 9.17) is 11.6 Å². The lowest BCUT2D eigenvalue weighted by atomic mass is 9.78. The Labute approximate surface area is 174 Å². The van der Waals surface area contributed by atoms with E-state index in [1.807, 2.05) is 26.0 Å². The second kappa shape index (κ2) is 7.48. The molecule has 1 aliphatic heterocycles.